The van der Waals surface area contributed by atoms with Crippen LogP contribution in [0.1, 0.15) is 10.5 Å². The zero-order chi connectivity index (χ0) is 18.7. The molecule has 8 heteroatoms. The number of benzene rings is 2. The topological polar surface area (TPSA) is 60.5 Å². The number of amides is 1. The van der Waals surface area contributed by atoms with E-state index in [0.29, 0.717) is 17.0 Å². The minimum atomic E-state index is -4.77. The molecule has 0 saturated heterocycles. The van der Waals surface area contributed by atoms with Crippen molar-refractivity contribution in [2.45, 2.75) is 6.36 Å². The Morgan fingerprint density at radius 2 is 1.77 bits per heavy atom. The Balaban J connectivity index is 1.78. The number of anilines is 1. The van der Waals surface area contributed by atoms with Crippen LogP contribution in [0.4, 0.5) is 18.9 Å². The molecule has 134 valence electrons. The van der Waals surface area contributed by atoms with Crippen molar-refractivity contribution in [2.75, 3.05) is 12.4 Å². The summed E-state index contributed by atoms with van der Waals surface area (Å²) < 4.78 is 45.5. The molecule has 0 bridgehead atoms. The van der Waals surface area contributed by atoms with Crippen LogP contribution < -0.4 is 14.8 Å². The number of carbonyl (C=O) groups excluding carboxylic acids is 1. The summed E-state index contributed by atoms with van der Waals surface area (Å²) in [6.45, 7) is 0. The Bertz CT molecular complexity index is 941. The molecule has 3 aromatic rings. The van der Waals surface area contributed by atoms with Crippen molar-refractivity contribution in [3.63, 3.8) is 0 Å². The summed E-state index contributed by atoms with van der Waals surface area (Å²) in [5.74, 6) is -0.336. The summed E-state index contributed by atoms with van der Waals surface area (Å²) in [6, 6.07) is 13.5. The normalized spacial score (nSPS) is 11.2. The second kappa shape index (κ2) is 6.91. The number of nitrogens with one attached hydrogen (secondary N) is 1. The molecule has 0 spiro atoms. The van der Waals surface area contributed by atoms with Gasteiger partial charge in [0.05, 0.1) is 7.11 Å². The fraction of sp³-hybridized carbons (Fsp3) is 0.111. The molecule has 0 fully saturated rings. The van der Waals surface area contributed by atoms with Crippen LogP contribution in [0.15, 0.2) is 54.6 Å². The van der Waals surface area contributed by atoms with Crippen LogP contribution in [0.2, 0.25) is 0 Å². The monoisotopic (exact) mass is 362 g/mol. The molecule has 1 amide bonds. The van der Waals surface area contributed by atoms with Crippen LogP contribution in [0.25, 0.3) is 10.9 Å². The van der Waals surface area contributed by atoms with Crippen molar-refractivity contribution in [2.24, 2.45) is 0 Å². The molecule has 1 aromatic heterocycles. The predicted octanol–water partition coefficient (Wildman–Crippen LogP) is 4.39. The van der Waals surface area contributed by atoms with E-state index in [0.717, 1.165) is 17.5 Å². The third kappa shape index (κ3) is 4.02. The molecule has 0 aliphatic rings. The maximum Gasteiger partial charge on any atom is 0.573 e. The van der Waals surface area contributed by atoms with Crippen LogP contribution in [0, 0.1) is 0 Å². The zero-order valence-electron chi connectivity index (χ0n) is 13.5. The highest BCUT2D eigenvalue weighted by Crippen LogP contribution is 2.25. The predicted molar refractivity (Wildman–Crippen MR) is 89.4 cm³/mol. The maximum atomic E-state index is 12.3. The lowest BCUT2D eigenvalue weighted by Gasteiger charge is -2.10. The summed E-state index contributed by atoms with van der Waals surface area (Å²) in [6.07, 6.45) is -4.77. The minimum Gasteiger partial charge on any atom is -0.494 e. The standard InChI is InChI=1S/C18H13F3N2O3/c1-25-15-4-2-3-11-5-10-14(23-16(11)15)17(24)22-12-6-8-13(9-7-12)26-18(19,20)21/h2-10H,1H3,(H,22,24). The van der Waals surface area contributed by atoms with Gasteiger partial charge in [-0.2, -0.15) is 0 Å². The number of aromatic nitrogens is 1. The van der Waals surface area contributed by atoms with E-state index in [2.05, 4.69) is 15.0 Å². The van der Waals surface area contributed by atoms with E-state index in [1.54, 1.807) is 18.2 Å². The maximum absolute atomic E-state index is 12.3. The minimum absolute atomic E-state index is 0.151. The highest BCUT2D eigenvalue weighted by atomic mass is 19.4. The number of carbonyl (C=O) groups is 1. The van der Waals surface area contributed by atoms with Gasteiger partial charge in [0.1, 0.15) is 22.7 Å². The smallest absolute Gasteiger partial charge is 0.494 e. The third-order valence-electron chi connectivity index (χ3n) is 3.48. The van der Waals surface area contributed by atoms with Gasteiger partial charge in [-0.1, -0.05) is 18.2 Å². The SMILES string of the molecule is COc1cccc2ccc(C(=O)Nc3ccc(OC(F)(F)F)cc3)nc12. The van der Waals surface area contributed by atoms with E-state index in [9.17, 15) is 18.0 Å². The van der Waals surface area contributed by atoms with Gasteiger partial charge in [-0.3, -0.25) is 4.79 Å². The molecular weight excluding hydrogens is 349 g/mol. The van der Waals surface area contributed by atoms with Crippen LogP contribution in [-0.2, 0) is 0 Å². The van der Waals surface area contributed by atoms with E-state index in [1.165, 1.54) is 19.2 Å². The van der Waals surface area contributed by atoms with E-state index < -0.39 is 12.3 Å². The van der Waals surface area contributed by atoms with Gasteiger partial charge in [0.15, 0.2) is 0 Å². The van der Waals surface area contributed by atoms with Crippen molar-refractivity contribution >= 4 is 22.5 Å². The van der Waals surface area contributed by atoms with Crippen molar-refractivity contribution in [1.29, 1.82) is 0 Å². The number of halogens is 3. The van der Waals surface area contributed by atoms with Crippen LogP contribution in [0.3, 0.4) is 0 Å². The average molecular weight is 362 g/mol. The highest BCUT2D eigenvalue weighted by Gasteiger charge is 2.30. The number of alkyl halides is 3. The molecule has 0 aliphatic heterocycles. The number of pyridine rings is 1. The Hall–Kier alpha value is -3.29. The molecule has 1 heterocycles. The first-order valence-corrected chi connectivity index (χ1v) is 7.46. The molecule has 2 aromatic carbocycles. The molecule has 26 heavy (non-hydrogen) atoms. The summed E-state index contributed by atoms with van der Waals surface area (Å²) in [5.41, 5.74) is 1.00. The van der Waals surface area contributed by atoms with Gasteiger partial charge in [-0.25, -0.2) is 4.98 Å². The van der Waals surface area contributed by atoms with Crippen LogP contribution >= 0.6 is 0 Å². The molecule has 0 aliphatic carbocycles. The van der Waals surface area contributed by atoms with Crippen molar-refractivity contribution in [1.82, 2.24) is 4.98 Å². The molecule has 5 nitrogen and oxygen atoms in total. The fourth-order valence-electron chi connectivity index (χ4n) is 2.35. The highest BCUT2D eigenvalue weighted by molar-refractivity contribution is 6.04. The lowest BCUT2D eigenvalue weighted by Crippen LogP contribution is -2.17. The van der Waals surface area contributed by atoms with Gasteiger partial charge in [0.25, 0.3) is 5.91 Å². The number of fused-ring (bicyclic) bond motifs is 1. The Kier molecular flexibility index (Phi) is 4.66. The van der Waals surface area contributed by atoms with E-state index in [-0.39, 0.29) is 11.4 Å². The Labute approximate surface area is 146 Å². The van der Waals surface area contributed by atoms with Crippen LogP contribution in [-0.4, -0.2) is 24.4 Å². The van der Waals surface area contributed by atoms with Crippen molar-refractivity contribution in [3.05, 3.63) is 60.3 Å². The summed E-state index contributed by atoms with van der Waals surface area (Å²) in [7, 11) is 1.51. The Morgan fingerprint density at radius 1 is 1.04 bits per heavy atom. The lowest BCUT2D eigenvalue weighted by atomic mass is 10.2. The first-order chi connectivity index (χ1) is 12.4. The largest absolute Gasteiger partial charge is 0.573 e. The van der Waals surface area contributed by atoms with Gasteiger partial charge in [0.2, 0.25) is 0 Å². The summed E-state index contributed by atoms with van der Waals surface area (Å²) in [5, 5.41) is 3.39. The molecule has 0 atom stereocenters. The third-order valence-corrected chi connectivity index (χ3v) is 3.48. The number of nitrogens with zero attached hydrogens (tertiary/aromatic N) is 1. The number of ether oxygens (including phenoxy) is 2. The summed E-state index contributed by atoms with van der Waals surface area (Å²) >= 11 is 0. The zero-order valence-corrected chi connectivity index (χ0v) is 13.5. The molecule has 0 unspecified atom stereocenters. The van der Waals surface area contributed by atoms with Gasteiger partial charge < -0.3 is 14.8 Å². The average Bonchev–Trinajstić information content (AvgIpc) is 2.61. The van der Waals surface area contributed by atoms with Gasteiger partial charge in [-0.05, 0) is 36.4 Å². The lowest BCUT2D eigenvalue weighted by molar-refractivity contribution is -0.274. The summed E-state index contributed by atoms with van der Waals surface area (Å²) in [4.78, 5) is 16.6. The molecule has 0 saturated carbocycles. The van der Waals surface area contributed by atoms with E-state index >= 15 is 0 Å². The first kappa shape index (κ1) is 17.5. The second-order valence-corrected chi connectivity index (χ2v) is 5.25. The van der Waals surface area contributed by atoms with Crippen LogP contribution in [0.5, 0.6) is 11.5 Å². The number of rotatable bonds is 4. The van der Waals surface area contributed by atoms with E-state index in [4.69, 9.17) is 4.74 Å². The van der Waals surface area contributed by atoms with Gasteiger partial charge in [0, 0.05) is 11.1 Å². The molecule has 0 radical (unpaired) electrons. The Morgan fingerprint density at radius 3 is 2.42 bits per heavy atom. The molecule has 3 rings (SSSR count). The number of hydrogen-bond donors (Lipinski definition) is 1. The number of para-hydroxylation sites is 1. The fourth-order valence-corrected chi connectivity index (χ4v) is 2.35. The van der Waals surface area contributed by atoms with Crippen molar-refractivity contribution in [3.8, 4) is 11.5 Å². The molecule has 1 N–H and O–H groups in total. The number of hydrogen-bond acceptors (Lipinski definition) is 4. The van der Waals surface area contributed by atoms with Gasteiger partial charge in [-0.15, -0.1) is 13.2 Å². The first-order valence-electron chi connectivity index (χ1n) is 7.46. The molecular formula is C18H13F3N2O3. The van der Waals surface area contributed by atoms with E-state index in [1.807, 2.05) is 12.1 Å². The van der Waals surface area contributed by atoms with Gasteiger partial charge >= 0.3 is 6.36 Å². The van der Waals surface area contributed by atoms with Crippen molar-refractivity contribution < 1.29 is 27.4 Å². The number of methoxy groups -OCH3 is 1. The quantitative estimate of drug-likeness (QED) is 0.748. The second-order valence-electron chi connectivity index (χ2n) is 5.25.